The number of rotatable bonds is 7. The van der Waals surface area contributed by atoms with Crippen LogP contribution in [0, 0.1) is 0 Å². The van der Waals surface area contributed by atoms with E-state index in [1.165, 1.54) is 17.0 Å². The maximum Gasteiger partial charge on any atom is 0.295 e. The number of aliphatic hydroxyl groups is 1. The number of carbonyl (C=O) groups is 2. The number of phenols is 1. The lowest BCUT2D eigenvalue weighted by atomic mass is 9.95. The van der Waals surface area contributed by atoms with Gasteiger partial charge in [-0.25, -0.2) is 0 Å². The van der Waals surface area contributed by atoms with Gasteiger partial charge >= 0.3 is 0 Å². The number of benzene rings is 3. The average molecular weight is 483 g/mol. The van der Waals surface area contributed by atoms with Gasteiger partial charge in [0.15, 0.2) is 0 Å². The number of aromatic hydroxyl groups is 1. The Bertz CT molecular complexity index is 1470. The van der Waals surface area contributed by atoms with Crippen LogP contribution in [-0.4, -0.2) is 44.9 Å². The molecular weight excluding hydrogens is 456 g/mol. The first-order valence-corrected chi connectivity index (χ1v) is 11.8. The van der Waals surface area contributed by atoms with Crippen LogP contribution in [0.1, 0.15) is 29.7 Å². The number of hydrogen-bond acceptors (Lipinski definition) is 5. The molecule has 7 heteroatoms. The van der Waals surface area contributed by atoms with Gasteiger partial charge in [0, 0.05) is 29.2 Å². The van der Waals surface area contributed by atoms with Crippen LogP contribution in [0.3, 0.4) is 0 Å². The van der Waals surface area contributed by atoms with Crippen molar-refractivity contribution in [2.45, 2.75) is 19.4 Å². The Balaban J connectivity index is 1.54. The third-order valence-electron chi connectivity index (χ3n) is 6.46. The van der Waals surface area contributed by atoms with E-state index < -0.39 is 17.7 Å². The minimum absolute atomic E-state index is 0.00585. The van der Waals surface area contributed by atoms with Crippen molar-refractivity contribution in [3.05, 3.63) is 101 Å². The summed E-state index contributed by atoms with van der Waals surface area (Å²) in [6, 6.07) is 20.2. The summed E-state index contributed by atoms with van der Waals surface area (Å²) in [7, 11) is 0. The maximum atomic E-state index is 13.2. The van der Waals surface area contributed by atoms with Gasteiger partial charge in [-0.05, 0) is 66.9 Å². The molecule has 36 heavy (non-hydrogen) atoms. The smallest absolute Gasteiger partial charge is 0.295 e. The number of fused-ring (bicyclic) bond motifs is 1. The molecule has 0 radical (unpaired) electrons. The van der Waals surface area contributed by atoms with Crippen molar-refractivity contribution in [2.24, 2.45) is 0 Å². The molecule has 7 nitrogen and oxygen atoms in total. The molecule has 1 aliphatic heterocycles. The molecule has 0 saturated carbocycles. The van der Waals surface area contributed by atoms with E-state index in [4.69, 9.17) is 4.74 Å². The van der Waals surface area contributed by atoms with Crippen molar-refractivity contribution in [1.29, 1.82) is 0 Å². The van der Waals surface area contributed by atoms with Gasteiger partial charge in [-0.2, -0.15) is 0 Å². The largest absolute Gasteiger partial charge is 0.508 e. The quantitative estimate of drug-likeness (QED) is 0.197. The van der Waals surface area contributed by atoms with Crippen LogP contribution in [0.5, 0.6) is 11.5 Å². The number of para-hydroxylation sites is 1. The van der Waals surface area contributed by atoms with Crippen molar-refractivity contribution in [3.63, 3.8) is 0 Å². The summed E-state index contributed by atoms with van der Waals surface area (Å²) in [5, 5.41) is 22.4. The Morgan fingerprint density at radius 3 is 2.56 bits per heavy atom. The van der Waals surface area contributed by atoms with Gasteiger partial charge in [0.05, 0.1) is 18.2 Å². The third kappa shape index (κ3) is 4.20. The summed E-state index contributed by atoms with van der Waals surface area (Å²) in [5.74, 6) is -1.06. The molecule has 0 bridgehead atoms. The van der Waals surface area contributed by atoms with Gasteiger partial charge in [-0.3, -0.25) is 9.59 Å². The minimum Gasteiger partial charge on any atom is -0.508 e. The molecule has 0 spiro atoms. The van der Waals surface area contributed by atoms with Crippen LogP contribution < -0.4 is 4.74 Å². The molecule has 5 rings (SSSR count). The van der Waals surface area contributed by atoms with Crippen LogP contribution in [0.15, 0.2) is 84.6 Å². The number of nitrogens with one attached hydrogen (secondary N) is 1. The van der Waals surface area contributed by atoms with Gasteiger partial charge in [-0.1, -0.05) is 30.3 Å². The fourth-order valence-electron chi connectivity index (χ4n) is 4.76. The van der Waals surface area contributed by atoms with Crippen molar-refractivity contribution in [3.8, 4) is 11.5 Å². The number of nitrogens with zero attached hydrogens (tertiary/aromatic N) is 1. The normalized spacial score (nSPS) is 17.1. The molecule has 0 unspecified atom stereocenters. The molecule has 3 N–H and O–H groups in total. The molecule has 4 aromatic rings. The van der Waals surface area contributed by atoms with Crippen molar-refractivity contribution >= 4 is 28.4 Å². The number of aliphatic hydroxyl groups excluding tert-OH is 1. The number of phenolic OH excluding ortho intramolecular Hbond substituents is 1. The van der Waals surface area contributed by atoms with E-state index >= 15 is 0 Å². The first kappa shape index (κ1) is 23.2. The van der Waals surface area contributed by atoms with Gasteiger partial charge in [0.2, 0.25) is 0 Å². The predicted octanol–water partition coefficient (Wildman–Crippen LogP) is 4.94. The van der Waals surface area contributed by atoms with Crippen LogP contribution in [0.25, 0.3) is 16.7 Å². The Morgan fingerprint density at radius 2 is 1.81 bits per heavy atom. The summed E-state index contributed by atoms with van der Waals surface area (Å²) in [5.41, 5.74) is 2.95. The highest BCUT2D eigenvalue weighted by Crippen LogP contribution is 2.40. The summed E-state index contributed by atoms with van der Waals surface area (Å²) in [6.07, 6.45) is 2.42. The maximum absolute atomic E-state index is 13.2. The molecule has 1 atom stereocenters. The number of Topliss-reactive ketones (excluding diaryl/α,β-unsaturated/α-hetero) is 1. The number of carbonyl (C=O) groups excluding carboxylic acids is 2. The van der Waals surface area contributed by atoms with Gasteiger partial charge in [0.1, 0.15) is 17.3 Å². The van der Waals surface area contributed by atoms with Crippen LogP contribution in [-0.2, 0) is 16.0 Å². The van der Waals surface area contributed by atoms with E-state index in [1.807, 2.05) is 37.4 Å². The zero-order valence-electron chi connectivity index (χ0n) is 19.8. The lowest BCUT2D eigenvalue weighted by Crippen LogP contribution is -2.31. The third-order valence-corrected chi connectivity index (χ3v) is 6.46. The average Bonchev–Trinajstić information content (AvgIpc) is 3.41. The number of amides is 1. The summed E-state index contributed by atoms with van der Waals surface area (Å²) in [6.45, 7) is 2.64. The number of hydrogen-bond donors (Lipinski definition) is 3. The van der Waals surface area contributed by atoms with E-state index in [0.717, 1.165) is 16.5 Å². The zero-order valence-corrected chi connectivity index (χ0v) is 19.8. The van der Waals surface area contributed by atoms with Gasteiger partial charge < -0.3 is 24.8 Å². The molecule has 1 saturated heterocycles. The molecule has 3 aromatic carbocycles. The van der Waals surface area contributed by atoms with Crippen LogP contribution >= 0.6 is 0 Å². The van der Waals surface area contributed by atoms with E-state index in [1.54, 1.807) is 36.4 Å². The number of likely N-dealkylation sites (tertiary alicyclic amines) is 1. The highest BCUT2D eigenvalue weighted by atomic mass is 16.5. The Kier molecular flexibility index (Phi) is 6.21. The second-order valence-electron chi connectivity index (χ2n) is 8.65. The molecule has 1 fully saturated rings. The van der Waals surface area contributed by atoms with Crippen molar-refractivity contribution in [1.82, 2.24) is 9.88 Å². The second-order valence-corrected chi connectivity index (χ2v) is 8.65. The lowest BCUT2D eigenvalue weighted by Gasteiger charge is -2.25. The fraction of sp³-hybridized carbons (Fsp3) is 0.172. The summed E-state index contributed by atoms with van der Waals surface area (Å²) in [4.78, 5) is 31.2. The Hall–Kier alpha value is -4.52. The Morgan fingerprint density at radius 1 is 1.03 bits per heavy atom. The van der Waals surface area contributed by atoms with E-state index in [2.05, 4.69) is 4.98 Å². The topological polar surface area (TPSA) is 103 Å². The zero-order chi connectivity index (χ0) is 25.2. The van der Waals surface area contributed by atoms with Gasteiger partial charge in [0.25, 0.3) is 11.7 Å². The molecular formula is C29H26N2O5. The van der Waals surface area contributed by atoms with Crippen LogP contribution in [0.2, 0.25) is 0 Å². The summed E-state index contributed by atoms with van der Waals surface area (Å²) >= 11 is 0. The monoisotopic (exact) mass is 482 g/mol. The van der Waals surface area contributed by atoms with E-state index in [0.29, 0.717) is 29.9 Å². The van der Waals surface area contributed by atoms with E-state index in [9.17, 15) is 19.8 Å². The molecule has 0 aliphatic carbocycles. The first-order chi connectivity index (χ1) is 17.5. The Labute approximate surface area is 208 Å². The molecule has 2 heterocycles. The number of aromatic amines is 1. The predicted molar refractivity (Wildman–Crippen MR) is 137 cm³/mol. The first-order valence-electron chi connectivity index (χ1n) is 11.8. The fourth-order valence-corrected chi connectivity index (χ4v) is 4.76. The van der Waals surface area contributed by atoms with Crippen molar-refractivity contribution in [2.75, 3.05) is 13.2 Å². The number of ketones is 1. The number of aromatic nitrogens is 1. The molecule has 182 valence electrons. The van der Waals surface area contributed by atoms with E-state index in [-0.39, 0.29) is 23.6 Å². The highest BCUT2D eigenvalue weighted by molar-refractivity contribution is 6.46. The summed E-state index contributed by atoms with van der Waals surface area (Å²) < 4.78 is 5.47. The number of ether oxygens (including phenoxy) is 1. The standard InChI is InChI=1S/C29H26N2O5/c1-2-36-22-12-10-18(11-13-22)27(33)25-26(19-6-5-7-21(32)16-19)31(29(35)28(25)34)15-14-20-17-30-24-9-4-3-8-23(20)24/h3-13,16-17,26,30,32-33H,2,14-15H2,1H3/t26-/m0/s1. The lowest BCUT2D eigenvalue weighted by molar-refractivity contribution is -0.139. The molecule has 1 aliphatic rings. The molecule has 1 aromatic heterocycles. The molecule has 1 amide bonds. The SMILES string of the molecule is CCOc1ccc(C(O)=C2C(=O)C(=O)N(CCc3c[nH]c4ccccc34)[C@H]2c2cccc(O)c2)cc1. The van der Waals surface area contributed by atoms with Crippen LogP contribution in [0.4, 0.5) is 0 Å². The van der Waals surface area contributed by atoms with Gasteiger partial charge in [-0.15, -0.1) is 0 Å². The minimum atomic E-state index is -0.839. The second kappa shape index (κ2) is 9.62. The number of H-pyrrole nitrogens is 1. The highest BCUT2D eigenvalue weighted by Gasteiger charge is 2.46. The van der Waals surface area contributed by atoms with Crippen molar-refractivity contribution < 1.29 is 24.5 Å².